The van der Waals surface area contributed by atoms with Gasteiger partial charge in [-0.3, -0.25) is 4.90 Å². The molecule has 1 aliphatic heterocycles. The van der Waals surface area contributed by atoms with Gasteiger partial charge >= 0.3 is 0 Å². The summed E-state index contributed by atoms with van der Waals surface area (Å²) in [6.07, 6.45) is 4.01. The molecule has 7 nitrogen and oxygen atoms in total. The molecular weight excluding hydrogens is 314 g/mol. The zero-order valence-corrected chi connectivity index (χ0v) is 14.5. The summed E-state index contributed by atoms with van der Waals surface area (Å²) in [7, 11) is 0. The molecule has 4 rings (SSSR count). The number of likely N-dealkylation sites (tertiary alicyclic amines) is 1. The summed E-state index contributed by atoms with van der Waals surface area (Å²) >= 11 is 0. The summed E-state index contributed by atoms with van der Waals surface area (Å²) in [6, 6.07) is 13.3. The molecule has 0 saturated carbocycles. The van der Waals surface area contributed by atoms with Gasteiger partial charge in [-0.15, -0.1) is 14.8 Å². The van der Waals surface area contributed by atoms with E-state index in [2.05, 4.69) is 62.0 Å². The molecule has 1 saturated heterocycles. The van der Waals surface area contributed by atoms with E-state index in [4.69, 9.17) is 0 Å². The zero-order valence-electron chi connectivity index (χ0n) is 14.5. The van der Waals surface area contributed by atoms with E-state index in [1.807, 2.05) is 12.1 Å². The number of rotatable bonds is 5. The maximum atomic E-state index is 4.32. The van der Waals surface area contributed by atoms with Crippen molar-refractivity contribution in [3.05, 3.63) is 47.5 Å². The minimum Gasteiger partial charge on any atom is -0.365 e. The summed E-state index contributed by atoms with van der Waals surface area (Å²) in [5.74, 6) is 0.756. The third-order valence-corrected chi connectivity index (χ3v) is 4.89. The van der Waals surface area contributed by atoms with Gasteiger partial charge in [0.15, 0.2) is 5.65 Å². The molecule has 130 valence electrons. The molecule has 0 amide bonds. The Morgan fingerprint density at radius 1 is 1.08 bits per heavy atom. The standard InChI is InChI=1S/C18H23N7/c1-14-4-2-3-11-24(14)13-16-7-5-15(6-8-16)12-19-17-9-10-18-20-22-23-25(18)21-17/h5-10,14H,2-4,11-13H2,1H3,(H,19,21). The first-order chi connectivity index (χ1) is 12.3. The van der Waals surface area contributed by atoms with Crippen molar-refractivity contribution in [1.29, 1.82) is 0 Å². The molecule has 7 heteroatoms. The number of aromatic nitrogens is 5. The van der Waals surface area contributed by atoms with Crippen LogP contribution in [0.25, 0.3) is 5.65 Å². The molecule has 3 heterocycles. The number of nitrogens with one attached hydrogen (secondary N) is 1. The first-order valence-corrected chi connectivity index (χ1v) is 8.89. The van der Waals surface area contributed by atoms with Gasteiger partial charge in [0.25, 0.3) is 0 Å². The van der Waals surface area contributed by atoms with Gasteiger partial charge in [0.2, 0.25) is 0 Å². The van der Waals surface area contributed by atoms with Crippen LogP contribution in [0.4, 0.5) is 5.82 Å². The van der Waals surface area contributed by atoms with Gasteiger partial charge in [0, 0.05) is 19.1 Å². The highest BCUT2D eigenvalue weighted by Crippen LogP contribution is 2.19. The van der Waals surface area contributed by atoms with E-state index >= 15 is 0 Å². The monoisotopic (exact) mass is 337 g/mol. The van der Waals surface area contributed by atoms with Crippen molar-refractivity contribution >= 4 is 11.5 Å². The Hall–Kier alpha value is -2.54. The van der Waals surface area contributed by atoms with Gasteiger partial charge in [-0.05, 0) is 60.0 Å². The summed E-state index contributed by atoms with van der Waals surface area (Å²) < 4.78 is 1.42. The smallest absolute Gasteiger partial charge is 0.200 e. The van der Waals surface area contributed by atoms with Gasteiger partial charge in [0.05, 0.1) is 0 Å². The van der Waals surface area contributed by atoms with Gasteiger partial charge in [0.1, 0.15) is 5.82 Å². The number of anilines is 1. The largest absolute Gasteiger partial charge is 0.365 e. The fourth-order valence-corrected chi connectivity index (χ4v) is 3.33. The van der Waals surface area contributed by atoms with Gasteiger partial charge in [-0.2, -0.15) is 0 Å². The van der Waals surface area contributed by atoms with Crippen LogP contribution < -0.4 is 5.32 Å². The lowest BCUT2D eigenvalue weighted by Crippen LogP contribution is -2.36. The maximum absolute atomic E-state index is 4.32. The van der Waals surface area contributed by atoms with Crippen molar-refractivity contribution < 1.29 is 0 Å². The lowest BCUT2D eigenvalue weighted by atomic mass is 10.0. The molecule has 0 aliphatic carbocycles. The van der Waals surface area contributed by atoms with E-state index in [1.54, 1.807) is 0 Å². The first-order valence-electron chi connectivity index (χ1n) is 8.89. The van der Waals surface area contributed by atoms with Gasteiger partial charge < -0.3 is 5.32 Å². The van der Waals surface area contributed by atoms with E-state index in [0.717, 1.165) is 18.9 Å². The fourth-order valence-electron chi connectivity index (χ4n) is 3.33. The normalized spacial score (nSPS) is 18.5. The first kappa shape index (κ1) is 16.0. The van der Waals surface area contributed by atoms with Crippen LogP contribution in [0.3, 0.4) is 0 Å². The van der Waals surface area contributed by atoms with Crippen molar-refractivity contribution in [3.8, 4) is 0 Å². The Kier molecular flexibility index (Phi) is 4.56. The molecule has 3 aromatic rings. The SMILES string of the molecule is CC1CCCCN1Cc1ccc(CNc2ccc3nnnn3n2)cc1. The third kappa shape index (κ3) is 3.76. The molecule has 1 atom stereocenters. The predicted octanol–water partition coefficient (Wildman–Crippen LogP) is 2.51. The molecule has 1 aromatic carbocycles. The highest BCUT2D eigenvalue weighted by Gasteiger charge is 2.17. The Labute approximate surface area is 147 Å². The summed E-state index contributed by atoms with van der Waals surface area (Å²) in [6.45, 7) is 5.33. The van der Waals surface area contributed by atoms with E-state index in [9.17, 15) is 0 Å². The molecule has 1 fully saturated rings. The van der Waals surface area contributed by atoms with E-state index < -0.39 is 0 Å². The minimum atomic E-state index is 0.641. The van der Waals surface area contributed by atoms with Crippen molar-refractivity contribution in [2.45, 2.75) is 45.3 Å². The minimum absolute atomic E-state index is 0.641. The summed E-state index contributed by atoms with van der Waals surface area (Å²) in [5.41, 5.74) is 3.25. The second-order valence-corrected chi connectivity index (χ2v) is 6.73. The van der Waals surface area contributed by atoms with Crippen LogP contribution in [0.5, 0.6) is 0 Å². The van der Waals surface area contributed by atoms with E-state index in [0.29, 0.717) is 11.7 Å². The van der Waals surface area contributed by atoms with E-state index in [-0.39, 0.29) is 0 Å². The third-order valence-electron chi connectivity index (χ3n) is 4.89. The Morgan fingerprint density at radius 2 is 1.92 bits per heavy atom. The van der Waals surface area contributed by atoms with Crippen LogP contribution in [0.1, 0.15) is 37.3 Å². The van der Waals surface area contributed by atoms with Crippen molar-refractivity contribution in [2.24, 2.45) is 0 Å². The number of fused-ring (bicyclic) bond motifs is 1. The summed E-state index contributed by atoms with van der Waals surface area (Å²) in [5, 5.41) is 18.9. The molecule has 2 aromatic heterocycles. The van der Waals surface area contributed by atoms with Gasteiger partial charge in [-0.1, -0.05) is 30.7 Å². The number of piperidine rings is 1. The lowest BCUT2D eigenvalue weighted by Gasteiger charge is -2.33. The zero-order chi connectivity index (χ0) is 17.1. The number of benzene rings is 1. The Balaban J connectivity index is 1.35. The molecule has 1 unspecified atom stereocenters. The number of hydrogen-bond donors (Lipinski definition) is 1. The van der Waals surface area contributed by atoms with Crippen molar-refractivity contribution in [1.82, 2.24) is 30.2 Å². The quantitative estimate of drug-likeness (QED) is 0.771. The summed E-state index contributed by atoms with van der Waals surface area (Å²) in [4.78, 5) is 2.59. The molecule has 0 radical (unpaired) electrons. The van der Waals surface area contributed by atoms with Crippen molar-refractivity contribution in [3.63, 3.8) is 0 Å². The Morgan fingerprint density at radius 3 is 2.76 bits per heavy atom. The average Bonchev–Trinajstić information content (AvgIpc) is 3.11. The second kappa shape index (κ2) is 7.14. The lowest BCUT2D eigenvalue weighted by molar-refractivity contribution is 0.152. The van der Waals surface area contributed by atoms with Gasteiger partial charge in [-0.25, -0.2) is 0 Å². The topological polar surface area (TPSA) is 71.2 Å². The predicted molar refractivity (Wildman–Crippen MR) is 96.1 cm³/mol. The molecule has 1 N–H and O–H groups in total. The Bertz CT molecular complexity index is 827. The van der Waals surface area contributed by atoms with Crippen LogP contribution in [-0.2, 0) is 13.1 Å². The number of hydrogen-bond acceptors (Lipinski definition) is 6. The van der Waals surface area contributed by atoms with E-state index in [1.165, 1.54) is 41.6 Å². The number of nitrogens with zero attached hydrogens (tertiary/aromatic N) is 6. The average molecular weight is 337 g/mol. The van der Waals surface area contributed by atoms with Crippen LogP contribution in [0.2, 0.25) is 0 Å². The van der Waals surface area contributed by atoms with Crippen LogP contribution in [0.15, 0.2) is 36.4 Å². The molecule has 25 heavy (non-hydrogen) atoms. The highest BCUT2D eigenvalue weighted by atomic mass is 15.6. The molecule has 1 aliphatic rings. The fraction of sp³-hybridized carbons (Fsp3) is 0.444. The van der Waals surface area contributed by atoms with Crippen LogP contribution >= 0.6 is 0 Å². The van der Waals surface area contributed by atoms with Crippen molar-refractivity contribution in [2.75, 3.05) is 11.9 Å². The molecule has 0 spiro atoms. The van der Waals surface area contributed by atoms with Crippen LogP contribution in [0, 0.1) is 0 Å². The van der Waals surface area contributed by atoms with Crippen LogP contribution in [-0.4, -0.2) is 42.7 Å². The molecular formula is C18H23N7. The number of tetrazole rings is 1. The highest BCUT2D eigenvalue weighted by molar-refractivity contribution is 5.42. The maximum Gasteiger partial charge on any atom is 0.200 e. The molecule has 0 bridgehead atoms. The second-order valence-electron chi connectivity index (χ2n) is 6.73.